The zero-order valence-electron chi connectivity index (χ0n) is 13.7. The Morgan fingerprint density at radius 3 is 2.92 bits per heavy atom. The van der Waals surface area contributed by atoms with Gasteiger partial charge in [-0.2, -0.15) is 0 Å². The molecule has 2 aliphatic rings. The average Bonchev–Trinajstić information content (AvgIpc) is 2.86. The van der Waals surface area contributed by atoms with E-state index in [0.29, 0.717) is 23.9 Å². The van der Waals surface area contributed by atoms with Crippen LogP contribution >= 0.6 is 0 Å². The van der Waals surface area contributed by atoms with Gasteiger partial charge in [0.05, 0.1) is 23.1 Å². The summed E-state index contributed by atoms with van der Waals surface area (Å²) in [5, 5.41) is 0.488. The lowest BCUT2D eigenvalue weighted by molar-refractivity contribution is -0.145. The number of benzene rings is 1. The minimum absolute atomic E-state index is 0.0683. The van der Waals surface area contributed by atoms with Crippen LogP contribution in [0.4, 0.5) is 0 Å². The minimum Gasteiger partial charge on any atom is -0.463 e. The number of fused-ring (bicyclic) bond motifs is 2. The van der Waals surface area contributed by atoms with Crippen molar-refractivity contribution in [3.8, 4) is 0 Å². The van der Waals surface area contributed by atoms with Crippen molar-refractivity contribution in [3.05, 3.63) is 39.9 Å². The molecule has 4 rings (SSSR count). The Hall–Kier alpha value is -2.70. The van der Waals surface area contributed by atoms with Crippen LogP contribution in [0.1, 0.15) is 41.9 Å². The molecule has 0 radical (unpaired) electrons. The number of carbonyl (C=O) groups is 2. The minimum atomic E-state index is -0.853. The Balaban J connectivity index is 1.69. The van der Waals surface area contributed by atoms with Crippen molar-refractivity contribution in [2.45, 2.75) is 44.8 Å². The SMILES string of the molecule is O=C(O[C@H]1CCOC1=O)c1ccc2c(=O)n3c(nc2c1)CCCCC3. The molecule has 130 valence electrons. The summed E-state index contributed by atoms with van der Waals surface area (Å²) >= 11 is 0. The van der Waals surface area contributed by atoms with Gasteiger partial charge in [0.15, 0.2) is 0 Å². The molecule has 2 aliphatic heterocycles. The fraction of sp³-hybridized carbons (Fsp3) is 0.444. The van der Waals surface area contributed by atoms with E-state index >= 15 is 0 Å². The molecule has 0 N–H and O–H groups in total. The lowest BCUT2D eigenvalue weighted by Gasteiger charge is -2.11. The lowest BCUT2D eigenvalue weighted by Crippen LogP contribution is -2.25. The number of aryl methyl sites for hydroxylation is 1. The number of nitrogens with zero attached hydrogens (tertiary/aromatic N) is 2. The number of rotatable bonds is 2. The first-order chi connectivity index (χ1) is 12.1. The Morgan fingerprint density at radius 2 is 2.12 bits per heavy atom. The Kier molecular flexibility index (Phi) is 3.99. The third kappa shape index (κ3) is 2.90. The summed E-state index contributed by atoms with van der Waals surface area (Å²) in [5.41, 5.74) is 0.695. The van der Waals surface area contributed by atoms with Gasteiger partial charge in [-0.15, -0.1) is 0 Å². The number of carbonyl (C=O) groups excluding carboxylic acids is 2. The molecule has 0 spiro atoms. The first kappa shape index (κ1) is 15.8. The molecule has 1 aromatic carbocycles. The second kappa shape index (κ2) is 6.31. The van der Waals surface area contributed by atoms with E-state index in [2.05, 4.69) is 4.98 Å². The van der Waals surface area contributed by atoms with Crippen LogP contribution in [-0.2, 0) is 27.2 Å². The maximum absolute atomic E-state index is 12.7. The van der Waals surface area contributed by atoms with Crippen LogP contribution in [-0.4, -0.2) is 34.2 Å². The number of ether oxygens (including phenoxy) is 2. The van der Waals surface area contributed by atoms with Crippen molar-refractivity contribution in [1.82, 2.24) is 9.55 Å². The van der Waals surface area contributed by atoms with Gasteiger partial charge in [-0.25, -0.2) is 14.6 Å². The van der Waals surface area contributed by atoms with E-state index < -0.39 is 18.0 Å². The molecule has 7 heteroatoms. The maximum atomic E-state index is 12.7. The van der Waals surface area contributed by atoms with Gasteiger partial charge < -0.3 is 9.47 Å². The largest absolute Gasteiger partial charge is 0.463 e. The molecule has 0 bridgehead atoms. The van der Waals surface area contributed by atoms with Gasteiger partial charge in [0.25, 0.3) is 5.56 Å². The molecular weight excluding hydrogens is 324 g/mol. The van der Waals surface area contributed by atoms with E-state index in [1.54, 1.807) is 16.7 Å². The van der Waals surface area contributed by atoms with Crippen LogP contribution in [0, 0.1) is 0 Å². The van der Waals surface area contributed by atoms with Gasteiger partial charge in [-0.1, -0.05) is 6.42 Å². The number of hydrogen-bond donors (Lipinski definition) is 0. The van der Waals surface area contributed by atoms with Gasteiger partial charge in [0.1, 0.15) is 5.82 Å². The highest BCUT2D eigenvalue weighted by Crippen LogP contribution is 2.18. The standard InChI is InChI=1S/C18H18N2O5/c21-16-12-6-5-11(17(22)25-14-7-9-24-18(14)23)10-13(12)19-15-4-2-1-3-8-20(15)16/h5-6,10,14H,1-4,7-9H2/t14-/m0/s1. The molecule has 1 saturated heterocycles. The zero-order chi connectivity index (χ0) is 17.4. The summed E-state index contributed by atoms with van der Waals surface area (Å²) < 4.78 is 11.7. The molecule has 0 aliphatic carbocycles. The van der Waals surface area contributed by atoms with Gasteiger partial charge in [-0.05, 0) is 31.0 Å². The smallest absolute Gasteiger partial charge is 0.347 e. The van der Waals surface area contributed by atoms with Crippen LogP contribution in [0.25, 0.3) is 10.9 Å². The summed E-state index contributed by atoms with van der Waals surface area (Å²) in [6.07, 6.45) is 3.33. The second-order valence-corrected chi connectivity index (χ2v) is 6.38. The molecule has 2 aromatic rings. The first-order valence-electron chi connectivity index (χ1n) is 8.54. The molecule has 7 nitrogen and oxygen atoms in total. The van der Waals surface area contributed by atoms with Gasteiger partial charge in [-0.3, -0.25) is 9.36 Å². The monoisotopic (exact) mass is 342 g/mol. The van der Waals surface area contributed by atoms with E-state index in [-0.39, 0.29) is 17.7 Å². The molecule has 0 saturated carbocycles. The van der Waals surface area contributed by atoms with Crippen molar-refractivity contribution in [1.29, 1.82) is 0 Å². The number of cyclic esters (lactones) is 1. The van der Waals surface area contributed by atoms with E-state index in [0.717, 1.165) is 31.5 Å². The number of aromatic nitrogens is 2. The average molecular weight is 342 g/mol. The quantitative estimate of drug-likeness (QED) is 0.770. The zero-order valence-corrected chi connectivity index (χ0v) is 13.7. The third-order valence-electron chi connectivity index (χ3n) is 4.69. The van der Waals surface area contributed by atoms with Crippen molar-refractivity contribution in [2.24, 2.45) is 0 Å². The molecular formula is C18H18N2O5. The lowest BCUT2D eigenvalue weighted by atomic mass is 10.1. The Labute approximate surface area is 143 Å². The van der Waals surface area contributed by atoms with E-state index in [4.69, 9.17) is 9.47 Å². The van der Waals surface area contributed by atoms with E-state index in [1.165, 1.54) is 6.07 Å². The van der Waals surface area contributed by atoms with Gasteiger partial charge in [0.2, 0.25) is 6.10 Å². The highest BCUT2D eigenvalue weighted by molar-refractivity contribution is 5.95. The number of hydrogen-bond acceptors (Lipinski definition) is 6. The van der Waals surface area contributed by atoms with Crippen molar-refractivity contribution < 1.29 is 19.1 Å². The summed E-state index contributed by atoms with van der Waals surface area (Å²) in [4.78, 5) is 41.0. The van der Waals surface area contributed by atoms with Crippen LogP contribution in [0.2, 0.25) is 0 Å². The molecule has 25 heavy (non-hydrogen) atoms. The Bertz CT molecular complexity index is 918. The Morgan fingerprint density at radius 1 is 1.24 bits per heavy atom. The van der Waals surface area contributed by atoms with E-state index in [9.17, 15) is 14.4 Å². The number of esters is 2. The van der Waals surface area contributed by atoms with Gasteiger partial charge >= 0.3 is 11.9 Å². The van der Waals surface area contributed by atoms with Crippen LogP contribution in [0.3, 0.4) is 0 Å². The third-order valence-corrected chi connectivity index (χ3v) is 4.69. The van der Waals surface area contributed by atoms with Crippen LogP contribution in [0.15, 0.2) is 23.0 Å². The fourth-order valence-electron chi connectivity index (χ4n) is 3.33. The van der Waals surface area contributed by atoms with Crippen molar-refractivity contribution in [3.63, 3.8) is 0 Å². The summed E-state index contributed by atoms with van der Waals surface area (Å²) in [5.74, 6) is -0.363. The van der Waals surface area contributed by atoms with Gasteiger partial charge in [0, 0.05) is 19.4 Å². The van der Waals surface area contributed by atoms with Crippen LogP contribution in [0.5, 0.6) is 0 Å². The molecule has 0 amide bonds. The molecule has 0 unspecified atom stereocenters. The van der Waals surface area contributed by atoms with Crippen molar-refractivity contribution >= 4 is 22.8 Å². The highest BCUT2D eigenvalue weighted by atomic mass is 16.6. The van der Waals surface area contributed by atoms with Crippen molar-refractivity contribution in [2.75, 3.05) is 6.61 Å². The summed E-state index contributed by atoms with van der Waals surface area (Å²) in [6, 6.07) is 4.70. The van der Waals surface area contributed by atoms with E-state index in [1.807, 2.05) is 0 Å². The van der Waals surface area contributed by atoms with Crippen LogP contribution < -0.4 is 5.56 Å². The predicted molar refractivity (Wildman–Crippen MR) is 88.3 cm³/mol. The normalized spacial score (nSPS) is 20.0. The summed E-state index contributed by atoms with van der Waals surface area (Å²) in [6.45, 7) is 0.948. The highest BCUT2D eigenvalue weighted by Gasteiger charge is 2.30. The predicted octanol–water partition coefficient (Wildman–Crippen LogP) is 1.60. The molecule has 1 fully saturated rings. The first-order valence-corrected chi connectivity index (χ1v) is 8.54. The molecule has 1 aromatic heterocycles. The molecule has 3 heterocycles. The molecule has 1 atom stereocenters. The second-order valence-electron chi connectivity index (χ2n) is 6.38. The summed E-state index contributed by atoms with van der Waals surface area (Å²) in [7, 11) is 0. The topological polar surface area (TPSA) is 87.5 Å². The maximum Gasteiger partial charge on any atom is 0.347 e. The fourth-order valence-corrected chi connectivity index (χ4v) is 3.33.